The van der Waals surface area contributed by atoms with Crippen LogP contribution < -0.4 is 5.32 Å². The predicted octanol–water partition coefficient (Wildman–Crippen LogP) is 1.55. The average molecular weight is 338 g/mol. The Morgan fingerprint density at radius 3 is 2.83 bits per heavy atom. The van der Waals surface area contributed by atoms with Gasteiger partial charge in [0.25, 0.3) is 5.91 Å². The molecule has 1 unspecified atom stereocenters. The van der Waals surface area contributed by atoms with Crippen LogP contribution in [0.1, 0.15) is 30.1 Å². The molecule has 23 heavy (non-hydrogen) atoms. The van der Waals surface area contributed by atoms with Crippen molar-refractivity contribution in [3.8, 4) is 5.69 Å². The van der Waals surface area contributed by atoms with E-state index in [9.17, 15) is 9.59 Å². The Hall–Kier alpha value is -2.48. The molecule has 2 N–H and O–H groups in total. The van der Waals surface area contributed by atoms with E-state index in [-0.39, 0.29) is 12.1 Å². The summed E-state index contributed by atoms with van der Waals surface area (Å²) in [6.07, 6.45) is 2.57. The van der Waals surface area contributed by atoms with Crippen molar-refractivity contribution >= 4 is 23.5 Å². The molecule has 0 fully saturated rings. The van der Waals surface area contributed by atoms with Crippen LogP contribution in [0.3, 0.4) is 0 Å². The van der Waals surface area contributed by atoms with Crippen LogP contribution in [0, 0.1) is 5.92 Å². The van der Waals surface area contributed by atoms with Gasteiger partial charge in [-0.25, -0.2) is 0 Å². The first-order valence-electron chi connectivity index (χ1n) is 7.06. The topological polar surface area (TPSA) is 110 Å². The molecule has 0 saturated carbocycles. The van der Waals surface area contributed by atoms with Crippen LogP contribution in [0.2, 0.25) is 5.02 Å². The van der Waals surface area contributed by atoms with Crippen molar-refractivity contribution in [1.29, 1.82) is 0 Å². The maximum atomic E-state index is 12.4. The largest absolute Gasteiger partial charge is 0.481 e. The highest BCUT2D eigenvalue weighted by Crippen LogP contribution is 2.19. The van der Waals surface area contributed by atoms with Crippen LogP contribution in [0.15, 0.2) is 24.5 Å². The van der Waals surface area contributed by atoms with Crippen molar-refractivity contribution in [2.24, 2.45) is 5.92 Å². The van der Waals surface area contributed by atoms with Crippen molar-refractivity contribution in [3.05, 3.63) is 35.1 Å². The lowest BCUT2D eigenvalue weighted by atomic mass is 10.0. The third-order valence-electron chi connectivity index (χ3n) is 3.29. The van der Waals surface area contributed by atoms with Gasteiger partial charge in [0.2, 0.25) is 0 Å². The molecule has 0 saturated heterocycles. The second kappa shape index (κ2) is 7.68. The number of aliphatic carboxylic acids is 1. The maximum Gasteiger partial charge on any atom is 0.308 e. The SMILES string of the molecule is CCCC(CNC(=O)c1cc(Cl)ccc1-n1cnnn1)C(=O)O. The Morgan fingerprint density at radius 1 is 1.43 bits per heavy atom. The normalized spacial score (nSPS) is 11.9. The number of rotatable bonds is 7. The minimum atomic E-state index is -0.932. The Kier molecular flexibility index (Phi) is 5.64. The third-order valence-corrected chi connectivity index (χ3v) is 3.53. The van der Waals surface area contributed by atoms with Gasteiger partial charge in [0.1, 0.15) is 6.33 Å². The summed E-state index contributed by atoms with van der Waals surface area (Å²) in [4.78, 5) is 23.5. The first-order chi connectivity index (χ1) is 11.0. The van der Waals surface area contributed by atoms with Crippen LogP contribution in [-0.4, -0.2) is 43.7 Å². The van der Waals surface area contributed by atoms with Crippen molar-refractivity contribution in [1.82, 2.24) is 25.5 Å². The standard InChI is InChI=1S/C14H16ClN5O3/c1-2-3-9(14(22)23)7-16-13(21)11-6-10(15)4-5-12(11)20-8-17-18-19-20/h4-6,8-9H,2-3,7H2,1H3,(H,16,21)(H,22,23). The zero-order valence-corrected chi connectivity index (χ0v) is 13.2. The highest BCUT2D eigenvalue weighted by Gasteiger charge is 2.20. The van der Waals surface area contributed by atoms with Gasteiger partial charge in [-0.05, 0) is 35.0 Å². The molecule has 1 aromatic carbocycles. The minimum Gasteiger partial charge on any atom is -0.481 e. The summed E-state index contributed by atoms with van der Waals surface area (Å²) in [5, 5.41) is 23.0. The second-order valence-electron chi connectivity index (χ2n) is 4.95. The summed E-state index contributed by atoms with van der Waals surface area (Å²) in [5.41, 5.74) is 0.727. The highest BCUT2D eigenvalue weighted by molar-refractivity contribution is 6.31. The number of carbonyl (C=O) groups is 2. The first-order valence-corrected chi connectivity index (χ1v) is 7.44. The monoisotopic (exact) mass is 337 g/mol. The Bertz CT molecular complexity index is 690. The molecule has 0 aliphatic rings. The molecular formula is C14H16ClN5O3. The van der Waals surface area contributed by atoms with Gasteiger partial charge in [0.05, 0.1) is 17.2 Å². The van der Waals surface area contributed by atoms with Crippen LogP contribution in [0.4, 0.5) is 0 Å². The quantitative estimate of drug-likeness (QED) is 0.793. The number of carboxylic acid groups (broad SMARTS) is 1. The molecule has 0 aliphatic heterocycles. The van der Waals surface area contributed by atoms with Crippen LogP contribution >= 0.6 is 11.6 Å². The van der Waals surface area contributed by atoms with Crippen molar-refractivity contribution in [3.63, 3.8) is 0 Å². The number of carboxylic acids is 1. The summed E-state index contributed by atoms with van der Waals surface area (Å²) in [7, 11) is 0. The van der Waals surface area contributed by atoms with Crippen molar-refractivity contribution in [2.75, 3.05) is 6.54 Å². The van der Waals surface area contributed by atoms with Gasteiger partial charge in [0.15, 0.2) is 0 Å². The number of benzene rings is 1. The fraction of sp³-hybridized carbons (Fsp3) is 0.357. The number of amides is 1. The maximum absolute atomic E-state index is 12.4. The highest BCUT2D eigenvalue weighted by atomic mass is 35.5. The molecule has 1 aromatic heterocycles. The molecule has 1 heterocycles. The summed E-state index contributed by atoms with van der Waals surface area (Å²) < 4.78 is 1.34. The molecule has 0 aliphatic carbocycles. The minimum absolute atomic E-state index is 0.0452. The number of hydrogen-bond donors (Lipinski definition) is 2. The molecule has 2 aromatic rings. The van der Waals surface area contributed by atoms with Gasteiger partial charge < -0.3 is 10.4 Å². The second-order valence-corrected chi connectivity index (χ2v) is 5.39. The number of halogens is 1. The summed E-state index contributed by atoms with van der Waals surface area (Å²) in [6.45, 7) is 1.94. The van der Waals surface area contributed by atoms with Crippen molar-refractivity contribution < 1.29 is 14.7 Å². The number of nitrogens with one attached hydrogen (secondary N) is 1. The van der Waals surface area contributed by atoms with Crippen LogP contribution in [0.25, 0.3) is 5.69 Å². The number of aromatic nitrogens is 4. The molecule has 0 radical (unpaired) electrons. The molecule has 1 atom stereocenters. The van der Waals surface area contributed by atoms with Gasteiger partial charge in [-0.1, -0.05) is 24.9 Å². The van der Waals surface area contributed by atoms with E-state index >= 15 is 0 Å². The van der Waals surface area contributed by atoms with E-state index < -0.39 is 17.8 Å². The number of nitrogens with zero attached hydrogens (tertiary/aromatic N) is 4. The molecule has 122 valence electrons. The molecule has 8 nitrogen and oxygen atoms in total. The van der Waals surface area contributed by atoms with E-state index in [2.05, 4.69) is 20.8 Å². The number of carbonyl (C=O) groups excluding carboxylic acids is 1. The average Bonchev–Trinajstić information content (AvgIpc) is 3.04. The van der Waals surface area contributed by atoms with Gasteiger partial charge in [0, 0.05) is 11.6 Å². The third kappa shape index (κ3) is 4.26. The molecule has 9 heteroatoms. The van der Waals surface area contributed by atoms with Gasteiger partial charge in [-0.15, -0.1) is 5.10 Å². The summed E-state index contributed by atoms with van der Waals surface area (Å²) in [6, 6.07) is 4.73. The molecule has 2 rings (SSSR count). The molecule has 0 spiro atoms. The van der Waals surface area contributed by atoms with Gasteiger partial charge >= 0.3 is 5.97 Å². The summed E-state index contributed by atoms with van der Waals surface area (Å²) in [5.74, 6) is -1.99. The first kappa shape index (κ1) is 16.9. The van der Waals surface area contributed by atoms with Crippen LogP contribution in [0.5, 0.6) is 0 Å². The molecular weight excluding hydrogens is 322 g/mol. The van der Waals surface area contributed by atoms with E-state index in [0.717, 1.165) is 6.42 Å². The van der Waals surface area contributed by atoms with E-state index in [1.54, 1.807) is 12.1 Å². The fourth-order valence-corrected chi connectivity index (χ4v) is 2.31. The zero-order valence-electron chi connectivity index (χ0n) is 12.4. The van der Waals surface area contributed by atoms with E-state index in [0.29, 0.717) is 17.1 Å². The predicted molar refractivity (Wildman–Crippen MR) is 82.5 cm³/mol. The lowest BCUT2D eigenvalue weighted by molar-refractivity contribution is -0.141. The van der Waals surface area contributed by atoms with Crippen LogP contribution in [-0.2, 0) is 4.79 Å². The number of tetrazole rings is 1. The van der Waals surface area contributed by atoms with Crippen molar-refractivity contribution in [2.45, 2.75) is 19.8 Å². The zero-order chi connectivity index (χ0) is 16.8. The number of hydrogen-bond acceptors (Lipinski definition) is 5. The Labute approximate surface area is 137 Å². The van der Waals surface area contributed by atoms with Gasteiger partial charge in [-0.3, -0.25) is 9.59 Å². The van der Waals surface area contributed by atoms with E-state index in [4.69, 9.17) is 16.7 Å². The lowest BCUT2D eigenvalue weighted by Crippen LogP contribution is -2.33. The molecule has 0 bridgehead atoms. The smallest absolute Gasteiger partial charge is 0.308 e. The molecule has 1 amide bonds. The van der Waals surface area contributed by atoms with E-state index in [1.165, 1.54) is 17.1 Å². The van der Waals surface area contributed by atoms with Gasteiger partial charge in [-0.2, -0.15) is 4.68 Å². The fourth-order valence-electron chi connectivity index (χ4n) is 2.13. The Balaban J connectivity index is 2.19. The summed E-state index contributed by atoms with van der Waals surface area (Å²) >= 11 is 5.95. The Morgan fingerprint density at radius 2 is 2.22 bits per heavy atom. The van der Waals surface area contributed by atoms with E-state index in [1.807, 2.05) is 6.92 Å². The lowest BCUT2D eigenvalue weighted by Gasteiger charge is -2.14.